The molecule has 1 aromatic heterocycles. The maximum Gasteiger partial charge on any atom is 0.337 e. The second kappa shape index (κ2) is 7.92. The highest BCUT2D eigenvalue weighted by molar-refractivity contribution is 7.17. The van der Waals surface area contributed by atoms with Crippen LogP contribution in [0, 0.1) is 5.92 Å². The molecule has 0 fully saturated rings. The van der Waals surface area contributed by atoms with Crippen LogP contribution in [-0.4, -0.2) is 31.9 Å². The van der Waals surface area contributed by atoms with E-state index in [-0.39, 0.29) is 11.8 Å². The number of ether oxygens (including phenoxy) is 1. The van der Waals surface area contributed by atoms with Gasteiger partial charge in [-0.05, 0) is 55.0 Å². The fourth-order valence-electron chi connectivity index (χ4n) is 3.25. The molecule has 0 saturated heterocycles. The number of nitrogens with one attached hydrogen (secondary N) is 2. The number of methoxy groups -OCH3 is 1. The number of carbonyl (C=O) groups excluding carboxylic acids is 3. The third kappa shape index (κ3) is 3.88. The van der Waals surface area contributed by atoms with Gasteiger partial charge in [0.2, 0.25) is 0 Å². The molecule has 0 spiro atoms. The Balaban J connectivity index is 1.87. The minimum atomic E-state index is -0.455. The molecule has 3 rings (SSSR count). The predicted octanol–water partition coefficient (Wildman–Crippen LogP) is 3.27. The quantitative estimate of drug-likeness (QED) is 0.790. The first-order chi connectivity index (χ1) is 12.9. The number of rotatable bonds is 4. The standard InChI is InChI=1S/C20H22N2O4S/c1-11-4-9-14-15(10-11)27-19(16(14)18(24)21-2)22-17(23)12-5-7-13(8-6-12)20(25)26-3/h5-8,11H,4,9-10H2,1-3H3,(H,21,24)(H,22,23). The summed E-state index contributed by atoms with van der Waals surface area (Å²) in [5.41, 5.74) is 2.41. The normalized spacial score (nSPS) is 15.6. The van der Waals surface area contributed by atoms with Crippen molar-refractivity contribution in [1.82, 2.24) is 5.32 Å². The van der Waals surface area contributed by atoms with Crippen LogP contribution < -0.4 is 10.6 Å². The van der Waals surface area contributed by atoms with Crippen LogP contribution >= 0.6 is 11.3 Å². The Morgan fingerprint density at radius 1 is 1.11 bits per heavy atom. The molecule has 1 atom stereocenters. The highest BCUT2D eigenvalue weighted by Crippen LogP contribution is 2.39. The lowest BCUT2D eigenvalue weighted by Crippen LogP contribution is -2.22. The fraction of sp³-hybridized carbons (Fsp3) is 0.350. The van der Waals surface area contributed by atoms with Crippen LogP contribution in [0.25, 0.3) is 0 Å². The Morgan fingerprint density at radius 3 is 2.41 bits per heavy atom. The smallest absolute Gasteiger partial charge is 0.337 e. The van der Waals surface area contributed by atoms with Crippen LogP contribution in [0.15, 0.2) is 24.3 Å². The summed E-state index contributed by atoms with van der Waals surface area (Å²) in [5.74, 6) is -0.381. The van der Waals surface area contributed by atoms with E-state index in [9.17, 15) is 14.4 Å². The van der Waals surface area contributed by atoms with E-state index >= 15 is 0 Å². The van der Waals surface area contributed by atoms with E-state index in [4.69, 9.17) is 0 Å². The zero-order valence-electron chi connectivity index (χ0n) is 15.5. The Morgan fingerprint density at radius 2 is 1.78 bits per heavy atom. The molecule has 1 aromatic carbocycles. The number of thiophene rings is 1. The molecule has 2 N–H and O–H groups in total. The number of fused-ring (bicyclic) bond motifs is 1. The van der Waals surface area contributed by atoms with Crippen molar-refractivity contribution in [2.24, 2.45) is 5.92 Å². The largest absolute Gasteiger partial charge is 0.465 e. The van der Waals surface area contributed by atoms with Crippen molar-refractivity contribution in [2.75, 3.05) is 19.5 Å². The summed E-state index contributed by atoms with van der Waals surface area (Å²) in [6, 6.07) is 6.22. The summed E-state index contributed by atoms with van der Waals surface area (Å²) in [5, 5.41) is 6.13. The van der Waals surface area contributed by atoms with E-state index in [0.29, 0.717) is 27.6 Å². The van der Waals surface area contributed by atoms with Gasteiger partial charge in [-0.15, -0.1) is 11.3 Å². The maximum absolute atomic E-state index is 12.7. The van der Waals surface area contributed by atoms with Gasteiger partial charge in [-0.2, -0.15) is 0 Å². The molecule has 0 aliphatic heterocycles. The van der Waals surface area contributed by atoms with E-state index in [1.54, 1.807) is 31.3 Å². The molecular weight excluding hydrogens is 364 g/mol. The van der Waals surface area contributed by atoms with Crippen LogP contribution in [-0.2, 0) is 17.6 Å². The Bertz CT molecular complexity index is 886. The number of benzene rings is 1. The van der Waals surface area contributed by atoms with Gasteiger partial charge in [0.1, 0.15) is 5.00 Å². The average molecular weight is 386 g/mol. The monoisotopic (exact) mass is 386 g/mol. The van der Waals surface area contributed by atoms with Gasteiger partial charge in [0.25, 0.3) is 11.8 Å². The van der Waals surface area contributed by atoms with Crippen molar-refractivity contribution in [2.45, 2.75) is 26.2 Å². The number of carbonyl (C=O) groups is 3. The lowest BCUT2D eigenvalue weighted by molar-refractivity contribution is 0.0600. The van der Waals surface area contributed by atoms with Crippen molar-refractivity contribution in [3.8, 4) is 0 Å². The molecule has 2 amide bonds. The molecule has 7 heteroatoms. The molecular formula is C20H22N2O4S. The molecule has 1 aliphatic carbocycles. The van der Waals surface area contributed by atoms with Crippen LogP contribution in [0.5, 0.6) is 0 Å². The van der Waals surface area contributed by atoms with Crippen LogP contribution in [0.4, 0.5) is 5.00 Å². The van der Waals surface area contributed by atoms with Crippen LogP contribution in [0.2, 0.25) is 0 Å². The highest BCUT2D eigenvalue weighted by Gasteiger charge is 2.28. The zero-order valence-corrected chi connectivity index (χ0v) is 16.4. The molecule has 142 valence electrons. The summed E-state index contributed by atoms with van der Waals surface area (Å²) < 4.78 is 4.66. The summed E-state index contributed by atoms with van der Waals surface area (Å²) in [6.07, 6.45) is 2.81. The van der Waals surface area contributed by atoms with Crippen molar-refractivity contribution in [3.05, 3.63) is 51.4 Å². The Kier molecular flexibility index (Phi) is 5.60. The lowest BCUT2D eigenvalue weighted by Gasteiger charge is -2.18. The number of anilines is 1. The van der Waals surface area contributed by atoms with E-state index in [0.717, 1.165) is 24.8 Å². The molecule has 27 heavy (non-hydrogen) atoms. The van der Waals surface area contributed by atoms with Gasteiger partial charge >= 0.3 is 5.97 Å². The third-order valence-electron chi connectivity index (χ3n) is 4.76. The van der Waals surface area contributed by atoms with Crippen molar-refractivity contribution >= 4 is 34.1 Å². The van der Waals surface area contributed by atoms with Gasteiger partial charge in [0, 0.05) is 17.5 Å². The van der Waals surface area contributed by atoms with E-state index in [2.05, 4.69) is 22.3 Å². The topological polar surface area (TPSA) is 84.5 Å². The molecule has 1 unspecified atom stereocenters. The van der Waals surface area contributed by atoms with E-state index in [1.165, 1.54) is 23.3 Å². The van der Waals surface area contributed by atoms with E-state index < -0.39 is 5.97 Å². The Hall–Kier alpha value is -2.67. The van der Waals surface area contributed by atoms with Gasteiger partial charge in [0.05, 0.1) is 18.2 Å². The van der Waals surface area contributed by atoms with Crippen molar-refractivity contribution < 1.29 is 19.1 Å². The number of amides is 2. The second-order valence-electron chi connectivity index (χ2n) is 6.66. The Labute approximate surface area is 161 Å². The first kappa shape index (κ1) is 19.1. The first-order valence-electron chi connectivity index (χ1n) is 8.81. The van der Waals surface area contributed by atoms with Crippen molar-refractivity contribution in [1.29, 1.82) is 0 Å². The van der Waals surface area contributed by atoms with Gasteiger partial charge in [-0.1, -0.05) is 6.92 Å². The highest BCUT2D eigenvalue weighted by atomic mass is 32.1. The van der Waals surface area contributed by atoms with Gasteiger partial charge < -0.3 is 15.4 Å². The predicted molar refractivity (Wildman–Crippen MR) is 105 cm³/mol. The number of hydrogen-bond acceptors (Lipinski definition) is 5. The molecule has 6 nitrogen and oxygen atoms in total. The molecule has 0 bridgehead atoms. The number of hydrogen-bond donors (Lipinski definition) is 2. The minimum absolute atomic E-state index is 0.182. The average Bonchev–Trinajstić information content (AvgIpc) is 3.03. The van der Waals surface area contributed by atoms with E-state index in [1.807, 2.05) is 0 Å². The van der Waals surface area contributed by atoms with Crippen LogP contribution in [0.1, 0.15) is 54.9 Å². The molecule has 2 aromatic rings. The minimum Gasteiger partial charge on any atom is -0.465 e. The first-order valence-corrected chi connectivity index (χ1v) is 9.62. The summed E-state index contributed by atoms with van der Waals surface area (Å²) in [6.45, 7) is 2.20. The van der Waals surface area contributed by atoms with Crippen molar-refractivity contribution in [3.63, 3.8) is 0 Å². The van der Waals surface area contributed by atoms with Gasteiger partial charge in [-0.3, -0.25) is 9.59 Å². The summed E-state index contributed by atoms with van der Waals surface area (Å²) in [7, 11) is 2.90. The molecule has 1 aliphatic rings. The fourth-order valence-corrected chi connectivity index (χ4v) is 4.66. The lowest BCUT2D eigenvalue weighted by atomic mass is 9.88. The third-order valence-corrected chi connectivity index (χ3v) is 5.93. The SMILES string of the molecule is CNC(=O)c1c(NC(=O)c2ccc(C(=O)OC)cc2)sc2c1CCC(C)C2. The second-order valence-corrected chi connectivity index (χ2v) is 7.76. The maximum atomic E-state index is 12.7. The zero-order chi connectivity index (χ0) is 19.6. The van der Waals surface area contributed by atoms with Crippen LogP contribution in [0.3, 0.4) is 0 Å². The van der Waals surface area contributed by atoms with Gasteiger partial charge in [0.15, 0.2) is 0 Å². The van der Waals surface area contributed by atoms with Gasteiger partial charge in [-0.25, -0.2) is 4.79 Å². The summed E-state index contributed by atoms with van der Waals surface area (Å²) in [4.78, 5) is 37.7. The molecule has 1 heterocycles. The number of esters is 1. The summed E-state index contributed by atoms with van der Waals surface area (Å²) >= 11 is 1.48. The molecule has 0 radical (unpaired) electrons. The molecule has 0 saturated carbocycles.